The van der Waals surface area contributed by atoms with Crippen molar-refractivity contribution in [2.45, 2.75) is 0 Å². The van der Waals surface area contributed by atoms with Gasteiger partial charge in [-0.05, 0) is 12.1 Å². The lowest BCUT2D eigenvalue weighted by molar-refractivity contribution is 0.442. The number of halogens is 1. The average Bonchev–Trinajstić information content (AvgIpc) is 2.56. The minimum absolute atomic E-state index is 0.209. The van der Waals surface area contributed by atoms with Gasteiger partial charge < -0.3 is 4.74 Å². The van der Waals surface area contributed by atoms with Crippen LogP contribution in [-0.2, 0) is 7.05 Å². The summed E-state index contributed by atoms with van der Waals surface area (Å²) in [4.78, 5) is 0. The van der Waals surface area contributed by atoms with Crippen LogP contribution in [0.3, 0.4) is 0 Å². The van der Waals surface area contributed by atoms with Crippen LogP contribution in [0.5, 0.6) is 11.5 Å². The Morgan fingerprint density at radius 1 is 1.36 bits per heavy atom. The second kappa shape index (κ2) is 3.49. The lowest BCUT2D eigenvalue weighted by Gasteiger charge is -2.02. The zero-order valence-corrected chi connectivity index (χ0v) is 7.64. The van der Waals surface area contributed by atoms with Crippen LogP contribution < -0.4 is 4.74 Å². The van der Waals surface area contributed by atoms with Crippen LogP contribution in [0.1, 0.15) is 0 Å². The molecule has 0 N–H and O–H groups in total. The van der Waals surface area contributed by atoms with Crippen molar-refractivity contribution in [3.63, 3.8) is 0 Å². The molecule has 1 aromatic heterocycles. The molecule has 0 atom stereocenters. The number of benzene rings is 1. The van der Waals surface area contributed by atoms with Crippen LogP contribution in [0.15, 0.2) is 36.7 Å². The Morgan fingerprint density at radius 3 is 2.79 bits per heavy atom. The number of ether oxygens (including phenoxy) is 1. The summed E-state index contributed by atoms with van der Waals surface area (Å²) in [5, 5.41) is 3.91. The minimum Gasteiger partial charge on any atom is -0.451 e. The first-order chi connectivity index (χ1) is 6.75. The molecule has 2 rings (SSSR count). The van der Waals surface area contributed by atoms with E-state index in [2.05, 4.69) is 5.10 Å². The number of aryl methyl sites for hydroxylation is 1. The molecule has 0 fully saturated rings. The van der Waals surface area contributed by atoms with Gasteiger partial charge in [-0.15, -0.1) is 0 Å². The third-order valence-electron chi connectivity index (χ3n) is 1.75. The number of rotatable bonds is 2. The van der Waals surface area contributed by atoms with Crippen LogP contribution in [0.25, 0.3) is 0 Å². The maximum Gasteiger partial charge on any atom is 0.165 e. The normalized spacial score (nSPS) is 10.1. The predicted octanol–water partition coefficient (Wildman–Crippen LogP) is 2.35. The van der Waals surface area contributed by atoms with Gasteiger partial charge in [-0.25, -0.2) is 4.39 Å². The molecule has 3 nitrogen and oxygen atoms in total. The third-order valence-corrected chi connectivity index (χ3v) is 1.75. The van der Waals surface area contributed by atoms with Gasteiger partial charge in [-0.3, -0.25) is 4.68 Å². The van der Waals surface area contributed by atoms with E-state index in [0.29, 0.717) is 5.75 Å². The summed E-state index contributed by atoms with van der Waals surface area (Å²) in [6.45, 7) is 0. The lowest BCUT2D eigenvalue weighted by Crippen LogP contribution is -1.86. The standard InChI is InChI=1S/C10H9FN2O/c1-13-7-8(6-12-13)14-10-5-3-2-4-9(10)11/h2-7H,1H3. The van der Waals surface area contributed by atoms with Crippen LogP contribution in [0, 0.1) is 5.82 Å². The van der Waals surface area contributed by atoms with Gasteiger partial charge in [0.15, 0.2) is 17.3 Å². The largest absolute Gasteiger partial charge is 0.451 e. The average molecular weight is 192 g/mol. The van der Waals surface area contributed by atoms with Gasteiger partial charge in [-0.2, -0.15) is 5.10 Å². The highest BCUT2D eigenvalue weighted by molar-refractivity contribution is 5.29. The van der Waals surface area contributed by atoms with Crippen LogP contribution in [0.2, 0.25) is 0 Å². The highest BCUT2D eigenvalue weighted by Crippen LogP contribution is 2.22. The quantitative estimate of drug-likeness (QED) is 0.730. The lowest BCUT2D eigenvalue weighted by atomic mass is 10.3. The molecule has 0 saturated carbocycles. The third kappa shape index (κ3) is 1.74. The van der Waals surface area contributed by atoms with Crippen molar-refractivity contribution in [2.75, 3.05) is 0 Å². The van der Waals surface area contributed by atoms with Crippen LogP contribution in [0.4, 0.5) is 4.39 Å². The number of hydrogen-bond acceptors (Lipinski definition) is 2. The molecule has 0 spiro atoms. The second-order valence-corrected chi connectivity index (χ2v) is 2.88. The molecule has 1 heterocycles. The fourth-order valence-corrected chi connectivity index (χ4v) is 1.11. The van der Waals surface area contributed by atoms with Gasteiger partial charge in [0, 0.05) is 7.05 Å². The number of aromatic nitrogens is 2. The molecule has 14 heavy (non-hydrogen) atoms. The van der Waals surface area contributed by atoms with E-state index in [1.165, 1.54) is 12.3 Å². The maximum atomic E-state index is 13.1. The van der Waals surface area contributed by atoms with Crippen molar-refractivity contribution < 1.29 is 9.13 Å². The minimum atomic E-state index is -0.378. The van der Waals surface area contributed by atoms with Gasteiger partial charge in [0.25, 0.3) is 0 Å². The summed E-state index contributed by atoms with van der Waals surface area (Å²) in [5.74, 6) is 0.356. The molecule has 0 amide bonds. The van der Waals surface area contributed by atoms with Gasteiger partial charge in [0.05, 0.1) is 12.4 Å². The number of hydrogen-bond donors (Lipinski definition) is 0. The maximum absolute atomic E-state index is 13.1. The van der Waals surface area contributed by atoms with E-state index >= 15 is 0 Å². The molecule has 0 saturated heterocycles. The Labute approximate surface area is 80.7 Å². The van der Waals surface area contributed by atoms with E-state index in [-0.39, 0.29) is 11.6 Å². The van der Waals surface area contributed by atoms with E-state index in [1.54, 1.807) is 36.1 Å². The summed E-state index contributed by atoms with van der Waals surface area (Å²) in [5.41, 5.74) is 0. The fourth-order valence-electron chi connectivity index (χ4n) is 1.11. The Morgan fingerprint density at radius 2 is 2.14 bits per heavy atom. The van der Waals surface area contributed by atoms with Gasteiger partial charge >= 0.3 is 0 Å². The SMILES string of the molecule is Cn1cc(Oc2ccccc2F)cn1. The molecule has 0 aliphatic carbocycles. The van der Waals surface area contributed by atoms with Crippen molar-refractivity contribution >= 4 is 0 Å². The Bertz CT molecular complexity index is 439. The van der Waals surface area contributed by atoms with Gasteiger partial charge in [0.1, 0.15) is 0 Å². The van der Waals surface area contributed by atoms with Gasteiger partial charge in [0.2, 0.25) is 0 Å². The van der Waals surface area contributed by atoms with E-state index in [1.807, 2.05) is 0 Å². The van der Waals surface area contributed by atoms with Crippen LogP contribution >= 0.6 is 0 Å². The van der Waals surface area contributed by atoms with Gasteiger partial charge in [-0.1, -0.05) is 12.1 Å². The second-order valence-electron chi connectivity index (χ2n) is 2.88. The highest BCUT2D eigenvalue weighted by Gasteiger charge is 2.03. The molecule has 4 heteroatoms. The number of para-hydroxylation sites is 1. The van der Waals surface area contributed by atoms with Crippen LogP contribution in [-0.4, -0.2) is 9.78 Å². The Kier molecular flexibility index (Phi) is 2.18. The first kappa shape index (κ1) is 8.74. The molecule has 2 aromatic rings. The fraction of sp³-hybridized carbons (Fsp3) is 0.100. The number of nitrogens with zero attached hydrogens (tertiary/aromatic N) is 2. The first-order valence-electron chi connectivity index (χ1n) is 4.17. The smallest absolute Gasteiger partial charge is 0.165 e. The van der Waals surface area contributed by atoms with Crippen molar-refractivity contribution in [3.05, 3.63) is 42.5 Å². The molecule has 1 aromatic carbocycles. The Hall–Kier alpha value is -1.84. The zero-order valence-electron chi connectivity index (χ0n) is 7.64. The summed E-state index contributed by atoms with van der Waals surface area (Å²) in [7, 11) is 1.77. The summed E-state index contributed by atoms with van der Waals surface area (Å²) in [6.07, 6.45) is 3.21. The van der Waals surface area contributed by atoms with E-state index in [9.17, 15) is 4.39 Å². The molecule has 0 aliphatic heterocycles. The van der Waals surface area contributed by atoms with E-state index in [0.717, 1.165) is 0 Å². The highest BCUT2D eigenvalue weighted by atomic mass is 19.1. The molecular weight excluding hydrogens is 183 g/mol. The molecule has 0 bridgehead atoms. The molecule has 0 radical (unpaired) electrons. The zero-order chi connectivity index (χ0) is 9.97. The summed E-state index contributed by atoms with van der Waals surface area (Å²) < 4.78 is 20.0. The van der Waals surface area contributed by atoms with Crippen molar-refractivity contribution in [1.29, 1.82) is 0 Å². The summed E-state index contributed by atoms with van der Waals surface area (Å²) in [6, 6.07) is 6.26. The van der Waals surface area contributed by atoms with Crippen molar-refractivity contribution in [3.8, 4) is 11.5 Å². The molecule has 0 aliphatic rings. The van der Waals surface area contributed by atoms with Crippen molar-refractivity contribution in [1.82, 2.24) is 9.78 Å². The topological polar surface area (TPSA) is 27.1 Å². The summed E-state index contributed by atoms with van der Waals surface area (Å²) >= 11 is 0. The van der Waals surface area contributed by atoms with Crippen molar-refractivity contribution in [2.24, 2.45) is 7.05 Å². The van der Waals surface area contributed by atoms with E-state index < -0.39 is 0 Å². The molecule has 72 valence electrons. The monoisotopic (exact) mass is 192 g/mol. The Balaban J connectivity index is 2.23. The van der Waals surface area contributed by atoms with E-state index in [4.69, 9.17) is 4.74 Å². The molecular formula is C10H9FN2O. The first-order valence-corrected chi connectivity index (χ1v) is 4.17. The predicted molar refractivity (Wildman–Crippen MR) is 49.7 cm³/mol. The molecule has 0 unspecified atom stereocenters.